The van der Waals surface area contributed by atoms with E-state index in [0.717, 1.165) is 30.0 Å². The van der Waals surface area contributed by atoms with Crippen LogP contribution in [0.4, 0.5) is 17.1 Å². The molecule has 0 aromatic heterocycles. The minimum absolute atomic E-state index is 0.0483. The van der Waals surface area contributed by atoms with Gasteiger partial charge in [0.2, 0.25) is 0 Å². The Hall–Kier alpha value is -4.26. The van der Waals surface area contributed by atoms with Crippen molar-refractivity contribution in [3.05, 3.63) is 89.5 Å². The molecular weight excluding hydrogens is 490 g/mol. The van der Waals surface area contributed by atoms with E-state index in [1.807, 2.05) is 81.4 Å². The lowest BCUT2D eigenvalue weighted by molar-refractivity contribution is -0.132. The van der Waals surface area contributed by atoms with E-state index in [-0.39, 0.29) is 17.4 Å². The minimum Gasteiger partial charge on any atom is -0.507 e. The van der Waals surface area contributed by atoms with Crippen molar-refractivity contribution in [2.75, 3.05) is 41.9 Å². The van der Waals surface area contributed by atoms with Crippen molar-refractivity contribution in [1.82, 2.24) is 0 Å². The molecule has 7 nitrogen and oxygen atoms in total. The largest absolute Gasteiger partial charge is 0.507 e. The molecule has 1 N–H and O–H groups in total. The van der Waals surface area contributed by atoms with E-state index < -0.39 is 17.7 Å². The van der Waals surface area contributed by atoms with Crippen molar-refractivity contribution in [3.63, 3.8) is 0 Å². The average molecular weight is 528 g/mol. The zero-order chi connectivity index (χ0) is 28.3. The molecule has 204 valence electrons. The lowest BCUT2D eigenvalue weighted by Gasteiger charge is -2.27. The summed E-state index contributed by atoms with van der Waals surface area (Å²) in [6.45, 7) is 9.74. The highest BCUT2D eigenvalue weighted by Gasteiger charge is 2.47. The molecular formula is C32H37N3O4. The Bertz CT molecular complexity index is 1360. The van der Waals surface area contributed by atoms with Crippen LogP contribution in [0.2, 0.25) is 0 Å². The van der Waals surface area contributed by atoms with Crippen molar-refractivity contribution in [1.29, 1.82) is 0 Å². The monoisotopic (exact) mass is 527 g/mol. The predicted molar refractivity (Wildman–Crippen MR) is 158 cm³/mol. The average Bonchev–Trinajstić information content (AvgIpc) is 3.19. The van der Waals surface area contributed by atoms with Crippen molar-refractivity contribution < 1.29 is 19.4 Å². The molecule has 3 aromatic rings. The number of carbonyl (C=O) groups is 2. The second-order valence-corrected chi connectivity index (χ2v) is 10.0. The Morgan fingerprint density at radius 1 is 0.923 bits per heavy atom. The first-order valence-corrected chi connectivity index (χ1v) is 13.4. The summed E-state index contributed by atoms with van der Waals surface area (Å²) >= 11 is 0. The molecule has 1 heterocycles. The number of ketones is 1. The summed E-state index contributed by atoms with van der Waals surface area (Å²) in [6.07, 6.45) is -0.0532. The van der Waals surface area contributed by atoms with E-state index in [1.54, 1.807) is 24.3 Å². The number of carbonyl (C=O) groups excluding carboxylic acids is 2. The third kappa shape index (κ3) is 5.62. The van der Waals surface area contributed by atoms with E-state index in [9.17, 15) is 14.7 Å². The molecule has 1 amide bonds. The minimum atomic E-state index is -0.796. The fraction of sp³-hybridized carbons (Fsp3) is 0.312. The first-order valence-electron chi connectivity index (χ1n) is 13.4. The van der Waals surface area contributed by atoms with Crippen LogP contribution in [-0.4, -0.2) is 50.1 Å². The molecule has 1 atom stereocenters. The summed E-state index contributed by atoms with van der Waals surface area (Å²) in [5.41, 5.74) is 3.80. The number of aliphatic hydroxyl groups excluding tert-OH is 1. The SMILES string of the molecule is CCN(CC)c1ccc(N2C(=O)C(=O)/C(=C(\O)c3cccc(OC(C)C)c3)C2c2ccc(N(C)C)cc2)cc1. The van der Waals surface area contributed by atoms with Gasteiger partial charge in [-0.3, -0.25) is 14.5 Å². The Labute approximate surface area is 230 Å². The lowest BCUT2D eigenvalue weighted by atomic mass is 9.94. The van der Waals surface area contributed by atoms with Gasteiger partial charge in [0.1, 0.15) is 11.5 Å². The van der Waals surface area contributed by atoms with E-state index in [1.165, 1.54) is 4.90 Å². The summed E-state index contributed by atoms with van der Waals surface area (Å²) in [4.78, 5) is 32.8. The highest BCUT2D eigenvalue weighted by molar-refractivity contribution is 6.51. The number of Topliss-reactive ketones (excluding diaryl/α,β-unsaturated/α-hetero) is 1. The molecule has 7 heteroatoms. The number of benzene rings is 3. The van der Waals surface area contributed by atoms with Crippen LogP contribution in [0.3, 0.4) is 0 Å². The Kier molecular flexibility index (Phi) is 8.29. The molecule has 0 saturated carbocycles. The van der Waals surface area contributed by atoms with Crippen LogP contribution in [0.15, 0.2) is 78.4 Å². The van der Waals surface area contributed by atoms with Crippen molar-refractivity contribution in [2.45, 2.75) is 39.8 Å². The number of anilines is 3. The van der Waals surface area contributed by atoms with Gasteiger partial charge in [-0.05, 0) is 81.8 Å². The Morgan fingerprint density at radius 3 is 2.10 bits per heavy atom. The number of rotatable bonds is 9. The molecule has 1 unspecified atom stereocenters. The van der Waals surface area contributed by atoms with Crippen LogP contribution in [0.1, 0.15) is 44.9 Å². The van der Waals surface area contributed by atoms with E-state index in [4.69, 9.17) is 4.74 Å². The normalized spacial score (nSPS) is 16.6. The van der Waals surface area contributed by atoms with Gasteiger partial charge in [0.05, 0.1) is 17.7 Å². The predicted octanol–water partition coefficient (Wildman–Crippen LogP) is 6.01. The first kappa shape index (κ1) is 27.8. The molecule has 0 radical (unpaired) electrons. The highest BCUT2D eigenvalue weighted by atomic mass is 16.5. The fourth-order valence-corrected chi connectivity index (χ4v) is 4.93. The lowest BCUT2D eigenvalue weighted by Crippen LogP contribution is -2.29. The molecule has 4 rings (SSSR count). The summed E-state index contributed by atoms with van der Waals surface area (Å²) < 4.78 is 5.80. The quantitative estimate of drug-likeness (QED) is 0.209. The maximum atomic E-state index is 13.5. The zero-order valence-electron chi connectivity index (χ0n) is 23.5. The maximum Gasteiger partial charge on any atom is 0.300 e. The van der Waals surface area contributed by atoms with Crippen LogP contribution in [0, 0.1) is 0 Å². The molecule has 1 fully saturated rings. The van der Waals surface area contributed by atoms with E-state index in [2.05, 4.69) is 18.7 Å². The molecule has 3 aromatic carbocycles. The summed E-state index contributed by atoms with van der Waals surface area (Å²) in [5, 5.41) is 11.5. The van der Waals surface area contributed by atoms with E-state index in [0.29, 0.717) is 17.0 Å². The van der Waals surface area contributed by atoms with Crippen molar-refractivity contribution in [3.8, 4) is 5.75 Å². The Morgan fingerprint density at radius 2 is 1.54 bits per heavy atom. The number of nitrogens with zero attached hydrogens (tertiary/aromatic N) is 3. The Balaban J connectivity index is 1.86. The summed E-state index contributed by atoms with van der Waals surface area (Å²) in [6, 6.07) is 21.5. The molecule has 1 aliphatic heterocycles. The van der Waals surface area contributed by atoms with Gasteiger partial charge in [-0.2, -0.15) is 0 Å². The highest BCUT2D eigenvalue weighted by Crippen LogP contribution is 2.43. The maximum absolute atomic E-state index is 13.5. The molecule has 1 saturated heterocycles. The van der Waals surface area contributed by atoms with Crippen LogP contribution in [0.5, 0.6) is 5.75 Å². The second-order valence-electron chi connectivity index (χ2n) is 10.0. The molecule has 0 bridgehead atoms. The van der Waals surface area contributed by atoms with Crippen molar-refractivity contribution >= 4 is 34.5 Å². The first-order chi connectivity index (χ1) is 18.7. The number of ether oxygens (including phenoxy) is 1. The fourth-order valence-electron chi connectivity index (χ4n) is 4.93. The number of aliphatic hydroxyl groups is 1. The zero-order valence-corrected chi connectivity index (χ0v) is 23.5. The number of hydrogen-bond donors (Lipinski definition) is 1. The molecule has 0 aliphatic carbocycles. The van der Waals surface area contributed by atoms with Gasteiger partial charge >= 0.3 is 0 Å². The summed E-state index contributed by atoms with van der Waals surface area (Å²) in [5.74, 6) is -1.06. The smallest absolute Gasteiger partial charge is 0.300 e. The standard InChI is InChI=1S/C32H37N3O4/c1-7-34(8-2)25-16-18-26(19-17-25)35-29(22-12-14-24(15-13-22)33(5)6)28(31(37)32(35)38)30(36)23-10-9-11-27(20-23)39-21(3)4/h9-21,29,36H,7-8H2,1-6H3/b30-28-. The third-order valence-corrected chi connectivity index (χ3v) is 6.91. The van der Waals surface area contributed by atoms with Crippen molar-refractivity contribution in [2.24, 2.45) is 0 Å². The summed E-state index contributed by atoms with van der Waals surface area (Å²) in [7, 11) is 3.90. The third-order valence-electron chi connectivity index (χ3n) is 6.91. The van der Waals surface area contributed by atoms with Gasteiger partial charge in [0.25, 0.3) is 11.7 Å². The second kappa shape index (κ2) is 11.6. The van der Waals surface area contributed by atoms with E-state index >= 15 is 0 Å². The number of amides is 1. The van der Waals surface area contributed by atoms with Gasteiger partial charge < -0.3 is 19.6 Å². The topological polar surface area (TPSA) is 73.3 Å². The van der Waals surface area contributed by atoms with Crippen LogP contribution < -0.4 is 19.4 Å². The van der Waals surface area contributed by atoms with Crippen LogP contribution in [0.25, 0.3) is 5.76 Å². The molecule has 39 heavy (non-hydrogen) atoms. The van der Waals surface area contributed by atoms with Crippen LogP contribution >= 0.6 is 0 Å². The van der Waals surface area contributed by atoms with Crippen LogP contribution in [-0.2, 0) is 9.59 Å². The van der Waals surface area contributed by atoms with Gasteiger partial charge in [-0.15, -0.1) is 0 Å². The van der Waals surface area contributed by atoms with Gasteiger partial charge in [-0.1, -0.05) is 24.3 Å². The number of hydrogen-bond acceptors (Lipinski definition) is 6. The molecule has 1 aliphatic rings. The van der Waals surface area contributed by atoms with Gasteiger partial charge in [0.15, 0.2) is 0 Å². The van der Waals surface area contributed by atoms with Gasteiger partial charge in [0, 0.05) is 49.8 Å². The molecule has 0 spiro atoms. The van der Waals surface area contributed by atoms with Gasteiger partial charge in [-0.25, -0.2) is 0 Å².